The Morgan fingerprint density at radius 2 is 1.94 bits per heavy atom. The van der Waals surface area contributed by atoms with Crippen molar-refractivity contribution in [1.29, 1.82) is 0 Å². The van der Waals surface area contributed by atoms with Crippen molar-refractivity contribution in [1.82, 2.24) is 0 Å². The van der Waals surface area contributed by atoms with Gasteiger partial charge >= 0.3 is 5.97 Å². The highest BCUT2D eigenvalue weighted by Gasteiger charge is 2.58. The van der Waals surface area contributed by atoms with Gasteiger partial charge in [0.25, 0.3) is 0 Å². The van der Waals surface area contributed by atoms with Crippen molar-refractivity contribution >= 4 is 5.97 Å². The summed E-state index contributed by atoms with van der Waals surface area (Å²) in [7, 11) is 0. The molecule has 0 aromatic rings. The van der Waals surface area contributed by atoms with Crippen molar-refractivity contribution in [3.05, 3.63) is 12.7 Å². The molecule has 4 atom stereocenters. The van der Waals surface area contributed by atoms with E-state index < -0.39 is 5.60 Å². The van der Waals surface area contributed by atoms with Crippen molar-refractivity contribution in [2.45, 2.75) is 49.7 Å². The third-order valence-corrected chi connectivity index (χ3v) is 4.46. The number of carbonyl (C=O) groups is 1. The molecule has 4 fully saturated rings. The van der Waals surface area contributed by atoms with E-state index in [1.807, 2.05) is 0 Å². The average molecular weight is 222 g/mol. The van der Waals surface area contributed by atoms with Gasteiger partial charge in [-0.25, -0.2) is 4.79 Å². The first-order valence-electron chi connectivity index (χ1n) is 6.10. The second-order valence-electron chi connectivity index (χ2n) is 5.99. The van der Waals surface area contributed by atoms with Crippen LogP contribution in [-0.4, -0.2) is 22.3 Å². The van der Waals surface area contributed by atoms with Gasteiger partial charge in [0.2, 0.25) is 0 Å². The van der Waals surface area contributed by atoms with Crippen LogP contribution in [0.25, 0.3) is 0 Å². The summed E-state index contributed by atoms with van der Waals surface area (Å²) in [4.78, 5) is 11.4. The smallest absolute Gasteiger partial charge is 0.330 e. The fourth-order valence-electron chi connectivity index (χ4n) is 4.51. The van der Waals surface area contributed by atoms with Crippen LogP contribution in [0.1, 0.15) is 38.5 Å². The molecule has 0 radical (unpaired) electrons. The van der Waals surface area contributed by atoms with E-state index in [0.29, 0.717) is 18.3 Å². The van der Waals surface area contributed by atoms with Gasteiger partial charge in [-0.05, 0) is 43.9 Å². The predicted octanol–water partition coefficient (Wildman–Crippen LogP) is 1.80. The van der Waals surface area contributed by atoms with E-state index in [1.165, 1.54) is 12.5 Å². The number of carbonyl (C=O) groups excluding carboxylic acids is 1. The van der Waals surface area contributed by atoms with Crippen LogP contribution in [0.3, 0.4) is 0 Å². The Morgan fingerprint density at radius 1 is 1.31 bits per heavy atom. The van der Waals surface area contributed by atoms with E-state index in [2.05, 4.69) is 6.58 Å². The summed E-state index contributed by atoms with van der Waals surface area (Å²) in [5, 5.41) is 10.4. The van der Waals surface area contributed by atoms with Gasteiger partial charge in [0.05, 0.1) is 5.60 Å². The second kappa shape index (κ2) is 3.10. The molecule has 4 rings (SSSR count). The Bertz CT molecular complexity index is 333. The molecular weight excluding hydrogens is 204 g/mol. The predicted molar refractivity (Wildman–Crippen MR) is 58.7 cm³/mol. The van der Waals surface area contributed by atoms with Gasteiger partial charge in [-0.15, -0.1) is 0 Å². The first-order valence-corrected chi connectivity index (χ1v) is 6.10. The Kier molecular flexibility index (Phi) is 2.00. The van der Waals surface area contributed by atoms with Crippen LogP contribution >= 0.6 is 0 Å². The minimum absolute atomic E-state index is 0.342. The lowest BCUT2D eigenvalue weighted by molar-refractivity contribution is -0.216. The van der Waals surface area contributed by atoms with Gasteiger partial charge in [0, 0.05) is 12.5 Å². The summed E-state index contributed by atoms with van der Waals surface area (Å²) in [6.45, 7) is 3.44. The van der Waals surface area contributed by atoms with Crippen LogP contribution < -0.4 is 0 Å². The number of hydrogen-bond acceptors (Lipinski definition) is 3. The SMILES string of the molecule is C=CC(=O)OC12C[C@@H]3C[C@@H](CC(O)(C3)C1)C2. The molecule has 0 spiro atoms. The molecule has 0 aliphatic heterocycles. The van der Waals surface area contributed by atoms with E-state index in [0.717, 1.165) is 25.7 Å². The molecule has 0 heterocycles. The lowest BCUT2D eigenvalue weighted by Crippen LogP contribution is -2.60. The Balaban J connectivity index is 1.86. The lowest BCUT2D eigenvalue weighted by Gasteiger charge is -2.59. The Labute approximate surface area is 95.5 Å². The fourth-order valence-corrected chi connectivity index (χ4v) is 4.51. The maximum atomic E-state index is 11.4. The van der Waals surface area contributed by atoms with Gasteiger partial charge in [0.1, 0.15) is 5.60 Å². The molecule has 88 valence electrons. The summed E-state index contributed by atoms with van der Waals surface area (Å²) in [6, 6.07) is 0. The highest BCUT2D eigenvalue weighted by molar-refractivity contribution is 5.81. The third-order valence-electron chi connectivity index (χ3n) is 4.46. The Morgan fingerprint density at radius 3 is 2.44 bits per heavy atom. The molecule has 4 aliphatic carbocycles. The van der Waals surface area contributed by atoms with Gasteiger partial charge in [-0.1, -0.05) is 6.58 Å². The average Bonchev–Trinajstić information content (AvgIpc) is 2.12. The number of esters is 1. The summed E-state index contributed by atoms with van der Waals surface area (Å²) >= 11 is 0. The summed E-state index contributed by atoms with van der Waals surface area (Å²) in [5.74, 6) is 0.748. The standard InChI is InChI=1S/C13H18O3/c1-2-11(14)16-13-6-9-3-10(7-13)5-12(15,4-9)8-13/h2,9-10,15H,1,3-8H2/t9-,10+,12?,13?. The van der Waals surface area contributed by atoms with Gasteiger partial charge in [-0.3, -0.25) is 0 Å². The largest absolute Gasteiger partial charge is 0.456 e. The van der Waals surface area contributed by atoms with E-state index in [9.17, 15) is 9.90 Å². The number of ether oxygens (including phenoxy) is 1. The normalized spacial score (nSPS) is 49.1. The number of aliphatic hydroxyl groups is 1. The molecule has 4 saturated carbocycles. The molecule has 0 aromatic carbocycles. The quantitative estimate of drug-likeness (QED) is 0.572. The van der Waals surface area contributed by atoms with Gasteiger partial charge in [0.15, 0.2) is 0 Å². The summed E-state index contributed by atoms with van der Waals surface area (Å²) < 4.78 is 5.55. The minimum atomic E-state index is -0.564. The molecular formula is C13H18O3. The molecule has 2 unspecified atom stereocenters. The zero-order valence-electron chi connectivity index (χ0n) is 9.45. The minimum Gasteiger partial charge on any atom is -0.456 e. The van der Waals surface area contributed by atoms with Crippen LogP contribution in [-0.2, 0) is 9.53 Å². The van der Waals surface area contributed by atoms with Crippen molar-refractivity contribution in [2.75, 3.05) is 0 Å². The van der Waals surface area contributed by atoms with E-state index >= 15 is 0 Å². The Hall–Kier alpha value is -0.830. The van der Waals surface area contributed by atoms with Crippen LogP contribution in [0.5, 0.6) is 0 Å². The molecule has 0 aromatic heterocycles. The number of rotatable bonds is 2. The fraction of sp³-hybridized carbons (Fsp3) is 0.769. The highest BCUT2D eigenvalue weighted by Crippen LogP contribution is 2.58. The molecule has 0 amide bonds. The van der Waals surface area contributed by atoms with Crippen molar-refractivity contribution in [3.63, 3.8) is 0 Å². The van der Waals surface area contributed by atoms with Crippen molar-refractivity contribution in [2.24, 2.45) is 11.8 Å². The van der Waals surface area contributed by atoms with Crippen LogP contribution in [0.4, 0.5) is 0 Å². The topological polar surface area (TPSA) is 46.5 Å². The summed E-state index contributed by atoms with van der Waals surface area (Å²) in [6.07, 6.45) is 6.73. The van der Waals surface area contributed by atoms with Gasteiger partial charge < -0.3 is 9.84 Å². The van der Waals surface area contributed by atoms with Crippen LogP contribution in [0.15, 0.2) is 12.7 Å². The van der Waals surface area contributed by atoms with E-state index in [-0.39, 0.29) is 11.6 Å². The third kappa shape index (κ3) is 1.49. The lowest BCUT2D eigenvalue weighted by atomic mass is 9.52. The zero-order chi connectivity index (χ0) is 11.4. The van der Waals surface area contributed by atoms with Gasteiger partial charge in [-0.2, -0.15) is 0 Å². The highest BCUT2D eigenvalue weighted by atomic mass is 16.6. The molecule has 4 aliphatic rings. The zero-order valence-corrected chi connectivity index (χ0v) is 9.45. The van der Waals surface area contributed by atoms with Crippen molar-refractivity contribution in [3.8, 4) is 0 Å². The molecule has 16 heavy (non-hydrogen) atoms. The van der Waals surface area contributed by atoms with E-state index in [1.54, 1.807) is 0 Å². The van der Waals surface area contributed by atoms with Crippen molar-refractivity contribution < 1.29 is 14.6 Å². The molecule has 3 heteroatoms. The van der Waals surface area contributed by atoms with Crippen LogP contribution in [0.2, 0.25) is 0 Å². The number of hydrogen-bond donors (Lipinski definition) is 1. The maximum Gasteiger partial charge on any atom is 0.330 e. The molecule has 1 N–H and O–H groups in total. The maximum absolute atomic E-state index is 11.4. The monoisotopic (exact) mass is 222 g/mol. The second-order valence-corrected chi connectivity index (χ2v) is 5.99. The first-order chi connectivity index (χ1) is 7.53. The first kappa shape index (κ1) is 10.3. The summed E-state index contributed by atoms with van der Waals surface area (Å²) in [5.41, 5.74) is -0.949. The molecule has 0 saturated heterocycles. The van der Waals surface area contributed by atoms with Crippen LogP contribution in [0, 0.1) is 11.8 Å². The molecule has 4 bridgehead atoms. The van der Waals surface area contributed by atoms with E-state index in [4.69, 9.17) is 4.74 Å². The molecule has 3 nitrogen and oxygen atoms in total.